The molecule has 3 N–H and O–H groups in total. The Bertz CT molecular complexity index is 518. The van der Waals surface area contributed by atoms with Crippen molar-refractivity contribution in [3.8, 4) is 0 Å². The Morgan fingerprint density at radius 1 is 1.33 bits per heavy atom. The second-order valence-electron chi connectivity index (χ2n) is 5.26. The number of hydrogen-bond acceptors (Lipinski definition) is 4. The number of carbonyl (C=O) groups is 2. The standard InChI is InChI=1S/C15H21BrN2O3/c1-9(2)6-7-18-14(19)10(3)21-15(20)11-4-5-12(16)13(17)8-11/h4-5,8-10H,6-7,17H2,1-3H3,(H,18,19). The lowest BCUT2D eigenvalue weighted by molar-refractivity contribution is -0.129. The van der Waals surface area contributed by atoms with E-state index >= 15 is 0 Å². The fourth-order valence-corrected chi connectivity index (χ4v) is 1.83. The van der Waals surface area contributed by atoms with Crippen LogP contribution in [0.2, 0.25) is 0 Å². The van der Waals surface area contributed by atoms with Gasteiger partial charge >= 0.3 is 5.97 Å². The SMILES string of the molecule is CC(C)CCNC(=O)C(C)OC(=O)c1ccc(Br)c(N)c1. The van der Waals surface area contributed by atoms with Crippen LogP contribution < -0.4 is 11.1 Å². The highest BCUT2D eigenvalue weighted by atomic mass is 79.9. The van der Waals surface area contributed by atoms with Crippen LogP contribution in [0.1, 0.15) is 37.6 Å². The Labute approximate surface area is 133 Å². The number of halogens is 1. The zero-order chi connectivity index (χ0) is 16.0. The third kappa shape index (κ3) is 5.75. The summed E-state index contributed by atoms with van der Waals surface area (Å²) in [5.41, 5.74) is 6.47. The lowest BCUT2D eigenvalue weighted by Gasteiger charge is -2.14. The molecule has 0 heterocycles. The smallest absolute Gasteiger partial charge is 0.338 e. The van der Waals surface area contributed by atoms with Crippen LogP contribution in [0.5, 0.6) is 0 Å². The van der Waals surface area contributed by atoms with Crippen LogP contribution in [0.25, 0.3) is 0 Å². The molecular formula is C15H21BrN2O3. The summed E-state index contributed by atoms with van der Waals surface area (Å²) in [5, 5.41) is 2.74. The number of anilines is 1. The molecule has 6 heteroatoms. The second kappa shape index (κ2) is 8.02. The van der Waals surface area contributed by atoms with Crippen LogP contribution in [0.15, 0.2) is 22.7 Å². The second-order valence-corrected chi connectivity index (χ2v) is 6.11. The maximum atomic E-state index is 11.9. The van der Waals surface area contributed by atoms with Crippen molar-refractivity contribution in [3.63, 3.8) is 0 Å². The maximum Gasteiger partial charge on any atom is 0.338 e. The Balaban J connectivity index is 2.53. The number of amides is 1. The molecule has 0 fully saturated rings. The van der Waals surface area contributed by atoms with Gasteiger partial charge < -0.3 is 15.8 Å². The molecule has 0 aliphatic carbocycles. The summed E-state index contributed by atoms with van der Waals surface area (Å²) in [6.07, 6.45) is 0.0462. The Morgan fingerprint density at radius 2 is 2.00 bits per heavy atom. The minimum Gasteiger partial charge on any atom is -0.449 e. The summed E-state index contributed by atoms with van der Waals surface area (Å²) < 4.78 is 5.84. The Hall–Kier alpha value is -1.56. The first kappa shape index (κ1) is 17.5. The van der Waals surface area contributed by atoms with Gasteiger partial charge in [0.15, 0.2) is 6.10 Å². The van der Waals surface area contributed by atoms with Crippen LogP contribution >= 0.6 is 15.9 Å². The van der Waals surface area contributed by atoms with E-state index in [4.69, 9.17) is 10.5 Å². The van der Waals surface area contributed by atoms with Crippen molar-refractivity contribution in [2.24, 2.45) is 5.92 Å². The molecule has 0 aliphatic heterocycles. The van der Waals surface area contributed by atoms with Gasteiger partial charge in [-0.15, -0.1) is 0 Å². The third-order valence-electron chi connectivity index (χ3n) is 2.91. The van der Waals surface area contributed by atoms with Gasteiger partial charge in [-0.25, -0.2) is 4.79 Å². The molecule has 5 nitrogen and oxygen atoms in total. The lowest BCUT2D eigenvalue weighted by atomic mass is 10.1. The first-order valence-corrected chi connectivity index (χ1v) is 7.64. The molecule has 0 aromatic heterocycles. The summed E-state index contributed by atoms with van der Waals surface area (Å²) in [4.78, 5) is 23.7. The fourth-order valence-electron chi connectivity index (χ4n) is 1.58. The summed E-state index contributed by atoms with van der Waals surface area (Å²) in [6.45, 7) is 6.27. The van der Waals surface area contributed by atoms with E-state index in [-0.39, 0.29) is 5.91 Å². The van der Waals surface area contributed by atoms with Gasteiger partial charge in [-0.3, -0.25) is 4.79 Å². The number of esters is 1. The number of rotatable bonds is 6. The number of nitrogen functional groups attached to an aromatic ring is 1. The summed E-state index contributed by atoms with van der Waals surface area (Å²) in [7, 11) is 0. The minimum absolute atomic E-state index is 0.297. The highest BCUT2D eigenvalue weighted by Gasteiger charge is 2.19. The zero-order valence-electron chi connectivity index (χ0n) is 12.5. The molecule has 1 aromatic carbocycles. The lowest BCUT2D eigenvalue weighted by Crippen LogP contribution is -2.36. The largest absolute Gasteiger partial charge is 0.449 e. The van der Waals surface area contributed by atoms with Gasteiger partial charge in [0.05, 0.1) is 5.56 Å². The van der Waals surface area contributed by atoms with E-state index in [9.17, 15) is 9.59 Å². The van der Waals surface area contributed by atoms with Crippen molar-refractivity contribution >= 4 is 33.5 Å². The molecule has 1 aromatic rings. The van der Waals surface area contributed by atoms with Crippen LogP contribution in [-0.2, 0) is 9.53 Å². The molecule has 0 saturated heterocycles. The van der Waals surface area contributed by atoms with Gasteiger partial charge in [0, 0.05) is 16.7 Å². The van der Waals surface area contributed by atoms with Gasteiger partial charge in [0.25, 0.3) is 5.91 Å². The molecule has 21 heavy (non-hydrogen) atoms. The quantitative estimate of drug-likeness (QED) is 0.606. The predicted molar refractivity (Wildman–Crippen MR) is 85.9 cm³/mol. The zero-order valence-corrected chi connectivity index (χ0v) is 14.1. The number of nitrogens with two attached hydrogens (primary N) is 1. The van der Waals surface area contributed by atoms with Gasteiger partial charge in [-0.2, -0.15) is 0 Å². The average Bonchev–Trinajstić information content (AvgIpc) is 2.41. The molecule has 0 radical (unpaired) electrons. The number of hydrogen-bond donors (Lipinski definition) is 2. The summed E-state index contributed by atoms with van der Waals surface area (Å²) >= 11 is 3.25. The van der Waals surface area contributed by atoms with Gasteiger partial charge in [0.2, 0.25) is 0 Å². The van der Waals surface area contributed by atoms with Crippen molar-refractivity contribution < 1.29 is 14.3 Å². The van der Waals surface area contributed by atoms with E-state index in [0.717, 1.165) is 6.42 Å². The highest BCUT2D eigenvalue weighted by Crippen LogP contribution is 2.20. The fraction of sp³-hybridized carbons (Fsp3) is 0.467. The van der Waals surface area contributed by atoms with Gasteiger partial charge in [0.1, 0.15) is 0 Å². The van der Waals surface area contributed by atoms with E-state index in [0.29, 0.717) is 28.2 Å². The molecule has 1 atom stereocenters. The van der Waals surface area contributed by atoms with Gasteiger partial charge in [-0.1, -0.05) is 13.8 Å². The maximum absolute atomic E-state index is 11.9. The van der Waals surface area contributed by atoms with Crippen molar-refractivity contribution in [1.29, 1.82) is 0 Å². The molecule has 1 amide bonds. The van der Waals surface area contributed by atoms with Crippen molar-refractivity contribution in [2.75, 3.05) is 12.3 Å². The molecule has 1 rings (SSSR count). The first-order chi connectivity index (χ1) is 9.81. The summed E-state index contributed by atoms with van der Waals surface area (Å²) in [5.74, 6) is -0.358. The van der Waals surface area contributed by atoms with E-state index in [1.54, 1.807) is 19.1 Å². The minimum atomic E-state index is -0.838. The monoisotopic (exact) mass is 356 g/mol. The predicted octanol–water partition coefficient (Wildman–Crippen LogP) is 2.74. The van der Waals surface area contributed by atoms with Crippen LogP contribution in [0.4, 0.5) is 5.69 Å². The number of carbonyl (C=O) groups excluding carboxylic acids is 2. The Morgan fingerprint density at radius 3 is 2.57 bits per heavy atom. The van der Waals surface area contributed by atoms with E-state index in [1.165, 1.54) is 6.07 Å². The number of benzene rings is 1. The van der Waals surface area contributed by atoms with Crippen molar-refractivity contribution in [3.05, 3.63) is 28.2 Å². The van der Waals surface area contributed by atoms with Crippen LogP contribution in [-0.4, -0.2) is 24.5 Å². The normalized spacial score (nSPS) is 12.0. The summed E-state index contributed by atoms with van der Waals surface area (Å²) in [6, 6.07) is 4.77. The Kier molecular flexibility index (Phi) is 6.68. The number of ether oxygens (including phenoxy) is 1. The number of nitrogens with one attached hydrogen (secondary N) is 1. The van der Waals surface area contributed by atoms with Crippen LogP contribution in [0.3, 0.4) is 0 Å². The molecule has 0 spiro atoms. The molecule has 116 valence electrons. The highest BCUT2D eigenvalue weighted by molar-refractivity contribution is 9.10. The molecule has 0 bridgehead atoms. The van der Waals surface area contributed by atoms with Crippen molar-refractivity contribution in [2.45, 2.75) is 33.3 Å². The van der Waals surface area contributed by atoms with E-state index < -0.39 is 12.1 Å². The molecular weight excluding hydrogens is 336 g/mol. The topological polar surface area (TPSA) is 81.4 Å². The van der Waals surface area contributed by atoms with Crippen molar-refractivity contribution in [1.82, 2.24) is 5.32 Å². The molecule has 1 unspecified atom stereocenters. The van der Waals surface area contributed by atoms with E-state index in [1.807, 2.05) is 0 Å². The van der Waals surface area contributed by atoms with E-state index in [2.05, 4.69) is 35.1 Å². The molecule has 0 saturated carbocycles. The van der Waals surface area contributed by atoms with Crippen LogP contribution in [0, 0.1) is 5.92 Å². The first-order valence-electron chi connectivity index (χ1n) is 6.85. The molecule has 0 aliphatic rings. The van der Waals surface area contributed by atoms with Gasteiger partial charge in [-0.05, 0) is 53.4 Å². The third-order valence-corrected chi connectivity index (χ3v) is 3.63. The average molecular weight is 357 g/mol.